The van der Waals surface area contributed by atoms with Gasteiger partial charge in [-0.05, 0) is 18.1 Å². The van der Waals surface area contributed by atoms with E-state index < -0.39 is 0 Å². The zero-order chi connectivity index (χ0) is 9.97. The Hall–Kier alpha value is -0.760. The molecule has 1 atom stereocenters. The summed E-state index contributed by atoms with van der Waals surface area (Å²) in [6, 6.07) is 8.25. The van der Waals surface area contributed by atoms with E-state index in [1.807, 2.05) is 23.9 Å². The Morgan fingerprint density at radius 2 is 2.14 bits per heavy atom. The molecule has 1 nitrogen and oxygen atoms in total. The molecule has 1 aliphatic heterocycles. The average Bonchev–Trinajstić information content (AvgIpc) is 2.16. The number of fused-ring (bicyclic) bond motifs is 1. The van der Waals surface area contributed by atoms with Crippen molar-refractivity contribution in [2.24, 2.45) is 0 Å². The molecule has 0 fully saturated rings. The van der Waals surface area contributed by atoms with Crippen LogP contribution in [-0.2, 0) is 11.2 Å². The zero-order valence-electron chi connectivity index (χ0n) is 8.32. The molecule has 1 aliphatic rings. The van der Waals surface area contributed by atoms with Gasteiger partial charge in [0.15, 0.2) is 0 Å². The van der Waals surface area contributed by atoms with Crippen molar-refractivity contribution in [3.8, 4) is 0 Å². The number of rotatable bonds is 0. The molecule has 1 aromatic carbocycles. The highest BCUT2D eigenvalue weighted by Gasteiger charge is 2.15. The fourth-order valence-corrected chi connectivity index (χ4v) is 2.82. The second-order valence-corrected chi connectivity index (χ2v) is 5.27. The molecule has 0 saturated carbocycles. The van der Waals surface area contributed by atoms with Crippen LogP contribution in [0, 0.1) is 0 Å². The van der Waals surface area contributed by atoms with Crippen LogP contribution in [0.15, 0.2) is 29.2 Å². The van der Waals surface area contributed by atoms with Crippen LogP contribution in [0.3, 0.4) is 0 Å². The number of carbonyl (C=O) groups is 1. The van der Waals surface area contributed by atoms with Gasteiger partial charge in [-0.25, -0.2) is 0 Å². The van der Waals surface area contributed by atoms with E-state index in [9.17, 15) is 4.79 Å². The van der Waals surface area contributed by atoms with Crippen molar-refractivity contribution in [3.05, 3.63) is 29.8 Å². The molecule has 0 N–H and O–H groups in total. The van der Waals surface area contributed by atoms with Crippen molar-refractivity contribution < 1.29 is 4.79 Å². The van der Waals surface area contributed by atoms with Crippen LogP contribution in [-0.4, -0.2) is 11.0 Å². The highest BCUT2D eigenvalue weighted by Crippen LogP contribution is 2.31. The van der Waals surface area contributed by atoms with E-state index in [1.54, 1.807) is 0 Å². The maximum Gasteiger partial charge on any atom is 0.137 e. The lowest BCUT2D eigenvalue weighted by atomic mass is 10.0. The molecule has 2 heteroatoms. The highest BCUT2D eigenvalue weighted by atomic mass is 32.2. The Labute approximate surface area is 88.9 Å². The summed E-state index contributed by atoms with van der Waals surface area (Å²) in [5.41, 5.74) is 1.20. The van der Waals surface area contributed by atoms with Gasteiger partial charge in [0.05, 0.1) is 0 Å². The van der Waals surface area contributed by atoms with Gasteiger partial charge < -0.3 is 0 Å². The molecule has 0 aromatic heterocycles. The number of hydrogen-bond donors (Lipinski definition) is 0. The second-order valence-electron chi connectivity index (χ2n) is 3.79. The number of Topliss-reactive ketones (excluding diaryl/α,β-unsaturated/α-hetero) is 1. The van der Waals surface area contributed by atoms with Crippen molar-refractivity contribution in [1.82, 2.24) is 0 Å². The molecule has 74 valence electrons. The van der Waals surface area contributed by atoms with Crippen LogP contribution >= 0.6 is 11.8 Å². The lowest BCUT2D eigenvalue weighted by molar-refractivity contribution is -0.118. The van der Waals surface area contributed by atoms with Crippen molar-refractivity contribution >= 4 is 17.5 Å². The average molecular weight is 206 g/mol. The van der Waals surface area contributed by atoms with Gasteiger partial charge in [0.25, 0.3) is 0 Å². The molecule has 0 bridgehead atoms. The summed E-state index contributed by atoms with van der Waals surface area (Å²) in [6.45, 7) is 2.19. The van der Waals surface area contributed by atoms with E-state index in [2.05, 4.69) is 19.1 Å². The third-order valence-corrected chi connectivity index (χ3v) is 3.81. The normalized spacial score (nSPS) is 22.4. The van der Waals surface area contributed by atoms with E-state index in [-0.39, 0.29) is 0 Å². The molecule has 0 radical (unpaired) electrons. The van der Waals surface area contributed by atoms with Crippen LogP contribution in [0.5, 0.6) is 0 Å². The van der Waals surface area contributed by atoms with E-state index in [4.69, 9.17) is 0 Å². The Morgan fingerprint density at radius 1 is 1.36 bits per heavy atom. The first-order valence-corrected chi connectivity index (χ1v) is 5.90. The number of hydrogen-bond acceptors (Lipinski definition) is 2. The molecule has 2 rings (SSSR count). The van der Waals surface area contributed by atoms with Crippen LogP contribution < -0.4 is 0 Å². The van der Waals surface area contributed by atoms with Gasteiger partial charge in [-0.3, -0.25) is 4.79 Å². The topological polar surface area (TPSA) is 17.1 Å². The lowest BCUT2D eigenvalue weighted by Gasteiger charge is -2.17. The Morgan fingerprint density at radius 3 is 3.00 bits per heavy atom. The van der Waals surface area contributed by atoms with Crippen molar-refractivity contribution in [2.45, 2.75) is 36.3 Å². The monoisotopic (exact) mass is 206 g/mol. The van der Waals surface area contributed by atoms with Gasteiger partial charge in [0.1, 0.15) is 5.78 Å². The molecule has 0 saturated heterocycles. The molecule has 1 heterocycles. The number of carbonyl (C=O) groups excluding carboxylic acids is 1. The maximum atomic E-state index is 11.5. The van der Waals surface area contributed by atoms with E-state index in [0.717, 1.165) is 12.8 Å². The van der Waals surface area contributed by atoms with Gasteiger partial charge in [-0.15, -0.1) is 11.8 Å². The number of thioether (sulfide) groups is 1. The lowest BCUT2D eigenvalue weighted by Crippen LogP contribution is -2.10. The largest absolute Gasteiger partial charge is 0.299 e. The fraction of sp³-hybridized carbons (Fsp3) is 0.417. The summed E-state index contributed by atoms with van der Waals surface area (Å²) in [6.07, 6.45) is 2.37. The summed E-state index contributed by atoms with van der Waals surface area (Å²) in [7, 11) is 0. The molecule has 0 spiro atoms. The van der Waals surface area contributed by atoms with Crippen LogP contribution in [0.1, 0.15) is 25.3 Å². The Kier molecular flexibility index (Phi) is 2.92. The Bertz CT molecular complexity index is 346. The molecule has 0 aliphatic carbocycles. The van der Waals surface area contributed by atoms with Crippen molar-refractivity contribution in [1.29, 1.82) is 0 Å². The maximum absolute atomic E-state index is 11.5. The van der Waals surface area contributed by atoms with E-state index in [1.165, 1.54) is 10.5 Å². The van der Waals surface area contributed by atoms with Gasteiger partial charge in [0.2, 0.25) is 0 Å². The molecule has 14 heavy (non-hydrogen) atoms. The second kappa shape index (κ2) is 4.18. The van der Waals surface area contributed by atoms with Crippen LogP contribution in [0.25, 0.3) is 0 Å². The molecular formula is C12H14OS. The first kappa shape index (κ1) is 9.78. The highest BCUT2D eigenvalue weighted by molar-refractivity contribution is 8.00. The quantitative estimate of drug-likeness (QED) is 0.649. The van der Waals surface area contributed by atoms with Gasteiger partial charge >= 0.3 is 0 Å². The van der Waals surface area contributed by atoms with E-state index >= 15 is 0 Å². The zero-order valence-corrected chi connectivity index (χ0v) is 9.14. The molecule has 0 amide bonds. The summed E-state index contributed by atoms with van der Waals surface area (Å²) >= 11 is 1.90. The molecule has 1 aromatic rings. The summed E-state index contributed by atoms with van der Waals surface area (Å²) in [5, 5.41) is 0.556. The number of ketones is 1. The summed E-state index contributed by atoms with van der Waals surface area (Å²) < 4.78 is 0. The summed E-state index contributed by atoms with van der Waals surface area (Å²) in [4.78, 5) is 12.8. The van der Waals surface area contributed by atoms with Crippen molar-refractivity contribution in [3.63, 3.8) is 0 Å². The third-order valence-electron chi connectivity index (χ3n) is 2.52. The van der Waals surface area contributed by atoms with E-state index in [0.29, 0.717) is 17.5 Å². The predicted octanol–water partition coefficient (Wildman–Crippen LogP) is 3.07. The molecule has 0 unspecified atom stereocenters. The third kappa shape index (κ3) is 2.18. The first-order valence-electron chi connectivity index (χ1n) is 5.02. The summed E-state index contributed by atoms with van der Waals surface area (Å²) in [5.74, 6) is 0.379. The SMILES string of the molecule is C[C@@H]1CCC(=O)Cc2ccccc2S1. The van der Waals surface area contributed by atoms with Gasteiger partial charge in [-0.2, -0.15) is 0 Å². The minimum absolute atomic E-state index is 0.379. The number of benzene rings is 1. The minimum Gasteiger partial charge on any atom is -0.299 e. The standard InChI is InChI=1S/C12H14OS/c1-9-6-7-11(13)8-10-4-2-3-5-12(10)14-9/h2-5,9H,6-8H2,1H3/t9-/m1/s1. The smallest absolute Gasteiger partial charge is 0.137 e. The predicted molar refractivity (Wildman–Crippen MR) is 59.7 cm³/mol. The van der Waals surface area contributed by atoms with Crippen molar-refractivity contribution in [2.75, 3.05) is 0 Å². The first-order chi connectivity index (χ1) is 6.75. The van der Waals surface area contributed by atoms with Gasteiger partial charge in [-0.1, -0.05) is 25.1 Å². The fourth-order valence-electron chi connectivity index (χ4n) is 1.71. The minimum atomic E-state index is 0.379. The van der Waals surface area contributed by atoms with Crippen LogP contribution in [0.2, 0.25) is 0 Å². The van der Waals surface area contributed by atoms with Crippen LogP contribution in [0.4, 0.5) is 0 Å². The Balaban J connectivity index is 2.32. The molecular weight excluding hydrogens is 192 g/mol. The van der Waals surface area contributed by atoms with Gasteiger partial charge in [0, 0.05) is 23.0 Å².